The van der Waals surface area contributed by atoms with Gasteiger partial charge < -0.3 is 14.2 Å². The molecule has 5 heterocycles. The lowest BCUT2D eigenvalue weighted by Gasteiger charge is -2.32. The highest BCUT2D eigenvalue weighted by atomic mass is 32.2. The molecule has 1 N–H and O–H groups in total. The smallest absolute Gasteiger partial charge is 0.387 e. The van der Waals surface area contributed by atoms with Crippen molar-refractivity contribution in [3.63, 3.8) is 0 Å². The molecule has 2 saturated carbocycles. The van der Waals surface area contributed by atoms with Gasteiger partial charge in [-0.15, -0.1) is 4.80 Å². The van der Waals surface area contributed by atoms with Crippen molar-refractivity contribution in [3.05, 3.63) is 68.6 Å². The molecule has 4 aliphatic rings. The van der Waals surface area contributed by atoms with Gasteiger partial charge in [-0.25, -0.2) is 17.8 Å². The third kappa shape index (κ3) is 5.89. The van der Waals surface area contributed by atoms with E-state index < -0.39 is 50.2 Å². The minimum absolute atomic E-state index is 0.00946. The zero-order chi connectivity index (χ0) is 35.9. The van der Waals surface area contributed by atoms with Crippen LogP contribution in [-0.4, -0.2) is 68.1 Å². The van der Waals surface area contributed by atoms with Crippen LogP contribution in [0, 0.1) is 6.92 Å². The number of benzene rings is 1. The maximum atomic E-state index is 14.8. The summed E-state index contributed by atoms with van der Waals surface area (Å²) in [6, 6.07) is 6.19. The van der Waals surface area contributed by atoms with Crippen molar-refractivity contribution < 1.29 is 36.2 Å². The number of sulfonamides is 1. The van der Waals surface area contributed by atoms with Gasteiger partial charge in [-0.2, -0.15) is 19.0 Å². The molecule has 2 bridgehead atoms. The molecule has 272 valence electrons. The standard InChI is InChI=1S/C33H36F2N6O8S2/c1-18-25-26(42)40(33(11-12-33)29(43)38-51(45,46)32(2)9-10-32)31(44)39(28(25)50-27(18)41-36-13-14-37-41)17-24(22-5-3-4-6-23(22)49-30(34)35)48-21-15-19-7-8-20(16-21)47-19/h3-6,13-14,19-21,24,30H,7-12,15-17H2,1-2H3,(H,38,43)/t19-,20+,21+,24-/m0/s1. The highest BCUT2D eigenvalue weighted by molar-refractivity contribution is 7.91. The van der Waals surface area contributed by atoms with E-state index in [4.69, 9.17) is 14.2 Å². The number of carbonyl (C=O) groups is 1. The maximum Gasteiger partial charge on any atom is 0.387 e. The molecule has 0 radical (unpaired) electrons. The lowest BCUT2D eigenvalue weighted by molar-refractivity contribution is -0.124. The van der Waals surface area contributed by atoms with Crippen molar-refractivity contribution in [2.45, 2.75) is 113 Å². The third-order valence-electron chi connectivity index (χ3n) is 10.6. The third-order valence-corrected chi connectivity index (χ3v) is 14.1. The second-order valence-corrected chi connectivity index (χ2v) is 17.2. The number of hydrogen-bond donors (Lipinski definition) is 1. The van der Waals surface area contributed by atoms with Gasteiger partial charge in [-0.05, 0) is 71.3 Å². The number of nitrogens with zero attached hydrogens (tertiary/aromatic N) is 5. The van der Waals surface area contributed by atoms with E-state index in [1.165, 1.54) is 34.7 Å². The summed E-state index contributed by atoms with van der Waals surface area (Å²) in [7, 11) is -4.09. The number of thiophene rings is 1. The Balaban J connectivity index is 1.29. The normalized spacial score (nSPS) is 23.7. The molecule has 8 rings (SSSR count). The van der Waals surface area contributed by atoms with Crippen molar-refractivity contribution in [1.82, 2.24) is 28.9 Å². The highest BCUT2D eigenvalue weighted by Gasteiger charge is 2.58. The highest BCUT2D eigenvalue weighted by Crippen LogP contribution is 2.46. The predicted molar refractivity (Wildman–Crippen MR) is 180 cm³/mol. The van der Waals surface area contributed by atoms with Crippen LogP contribution < -0.4 is 20.7 Å². The van der Waals surface area contributed by atoms with E-state index in [9.17, 15) is 31.6 Å². The van der Waals surface area contributed by atoms with Crippen molar-refractivity contribution in [2.75, 3.05) is 0 Å². The maximum absolute atomic E-state index is 14.8. The SMILES string of the molecule is Cc1c(-n2nccn2)sc2c1c(=O)n(C1(C(=O)NS(=O)(=O)C3(C)CC3)CC1)c(=O)n2C[C@H](O[C@H]1C[C@H]2CC[C@@H](C1)O2)c1ccccc1OC(F)F. The number of aryl methyl sites for hydroxylation is 1. The zero-order valence-corrected chi connectivity index (χ0v) is 29.4. The number of aromatic nitrogens is 5. The fourth-order valence-electron chi connectivity index (χ4n) is 7.32. The Bertz CT molecular complexity index is 2230. The van der Waals surface area contributed by atoms with E-state index in [0.717, 1.165) is 28.7 Å². The van der Waals surface area contributed by atoms with Crippen molar-refractivity contribution in [3.8, 4) is 10.8 Å². The Morgan fingerprint density at radius 2 is 1.76 bits per heavy atom. The fraction of sp³-hybridized carbons (Fsp3) is 0.545. The van der Waals surface area contributed by atoms with Crippen LogP contribution in [0.5, 0.6) is 5.75 Å². The summed E-state index contributed by atoms with van der Waals surface area (Å²) in [5.74, 6) is -1.09. The molecule has 3 aromatic heterocycles. The number of rotatable bonds is 12. The molecule has 4 atom stereocenters. The molecule has 4 fully saturated rings. The summed E-state index contributed by atoms with van der Waals surface area (Å²) < 4.78 is 74.3. The Kier molecular flexibility index (Phi) is 8.23. The van der Waals surface area contributed by atoms with E-state index in [1.54, 1.807) is 25.1 Å². The fourth-order valence-corrected chi connectivity index (χ4v) is 9.86. The van der Waals surface area contributed by atoms with Gasteiger partial charge in [0.15, 0.2) is 0 Å². The van der Waals surface area contributed by atoms with Crippen LogP contribution in [0.2, 0.25) is 0 Å². The van der Waals surface area contributed by atoms with E-state index in [0.29, 0.717) is 36.2 Å². The Labute approximate surface area is 294 Å². The summed E-state index contributed by atoms with van der Waals surface area (Å²) in [6.45, 7) is -0.180. The van der Waals surface area contributed by atoms with Gasteiger partial charge in [0.1, 0.15) is 27.2 Å². The number of ether oxygens (including phenoxy) is 3. The van der Waals surface area contributed by atoms with Gasteiger partial charge in [0.05, 0.1) is 47.4 Å². The van der Waals surface area contributed by atoms with Crippen molar-refractivity contribution in [1.29, 1.82) is 0 Å². The Morgan fingerprint density at radius 3 is 2.39 bits per heavy atom. The number of fused-ring (bicyclic) bond motifs is 3. The van der Waals surface area contributed by atoms with Crippen LogP contribution in [0.3, 0.4) is 0 Å². The summed E-state index contributed by atoms with van der Waals surface area (Å²) in [4.78, 5) is 44.5. The lowest BCUT2D eigenvalue weighted by atomic mass is 10.0. The van der Waals surface area contributed by atoms with Gasteiger partial charge in [0.25, 0.3) is 11.5 Å². The molecular weight excluding hydrogens is 711 g/mol. The van der Waals surface area contributed by atoms with Gasteiger partial charge in [0.2, 0.25) is 10.0 Å². The van der Waals surface area contributed by atoms with Crippen molar-refractivity contribution >= 4 is 37.5 Å². The van der Waals surface area contributed by atoms with E-state index in [1.807, 2.05) is 0 Å². The van der Waals surface area contributed by atoms with Crippen LogP contribution in [0.25, 0.3) is 15.2 Å². The first-order chi connectivity index (χ1) is 24.3. The van der Waals surface area contributed by atoms with Gasteiger partial charge >= 0.3 is 12.3 Å². The first kappa shape index (κ1) is 34.1. The molecule has 51 heavy (non-hydrogen) atoms. The number of carbonyl (C=O) groups excluding carboxylic acids is 1. The Hall–Kier alpha value is -4.00. The number of amides is 1. The lowest BCUT2D eigenvalue weighted by Crippen LogP contribution is -2.53. The molecule has 18 heteroatoms. The molecule has 14 nitrogen and oxygen atoms in total. The molecular formula is C33H36F2N6O8S2. The average Bonchev–Trinajstić information content (AvgIpc) is 3.89. The van der Waals surface area contributed by atoms with E-state index in [-0.39, 0.29) is 59.2 Å². The van der Waals surface area contributed by atoms with Gasteiger partial charge in [-0.1, -0.05) is 29.5 Å². The van der Waals surface area contributed by atoms with Crippen LogP contribution in [0.4, 0.5) is 8.78 Å². The zero-order valence-electron chi connectivity index (χ0n) is 27.8. The van der Waals surface area contributed by atoms with Crippen molar-refractivity contribution in [2.24, 2.45) is 0 Å². The second-order valence-electron chi connectivity index (χ2n) is 14.1. The summed E-state index contributed by atoms with van der Waals surface area (Å²) >= 11 is 1.08. The predicted octanol–water partition coefficient (Wildman–Crippen LogP) is 3.67. The van der Waals surface area contributed by atoms with Crippen LogP contribution in [0.15, 0.2) is 46.2 Å². The number of hydrogen-bond acceptors (Lipinski definition) is 11. The van der Waals surface area contributed by atoms with E-state index in [2.05, 4.69) is 14.9 Å². The number of halogens is 2. The minimum atomic E-state index is -4.09. The van der Waals surface area contributed by atoms with Gasteiger partial charge in [-0.3, -0.25) is 18.9 Å². The molecule has 0 unspecified atom stereocenters. The van der Waals surface area contributed by atoms with Crippen LogP contribution >= 0.6 is 11.3 Å². The summed E-state index contributed by atoms with van der Waals surface area (Å²) in [6.07, 6.45) is 5.31. The van der Waals surface area contributed by atoms with Crippen LogP contribution in [-0.2, 0) is 36.4 Å². The molecule has 0 spiro atoms. The topological polar surface area (TPSA) is 166 Å². The minimum Gasteiger partial charge on any atom is -0.434 e. The summed E-state index contributed by atoms with van der Waals surface area (Å²) in [5.41, 5.74) is -2.69. The monoisotopic (exact) mass is 746 g/mol. The molecule has 1 amide bonds. The Morgan fingerprint density at radius 1 is 1.10 bits per heavy atom. The largest absolute Gasteiger partial charge is 0.434 e. The van der Waals surface area contributed by atoms with E-state index >= 15 is 0 Å². The second kappa shape index (κ2) is 12.3. The molecule has 2 aliphatic heterocycles. The number of para-hydroxylation sites is 1. The first-order valence-electron chi connectivity index (χ1n) is 16.9. The molecule has 4 aromatic rings. The summed E-state index contributed by atoms with van der Waals surface area (Å²) in [5, 5.41) is 8.99. The molecule has 1 aromatic carbocycles. The molecule has 2 aliphatic carbocycles. The number of alkyl halides is 2. The molecule has 2 saturated heterocycles. The van der Waals surface area contributed by atoms with Crippen LogP contribution in [0.1, 0.15) is 75.5 Å². The quantitative estimate of drug-likeness (QED) is 0.226. The first-order valence-corrected chi connectivity index (χ1v) is 19.2. The van der Waals surface area contributed by atoms with Gasteiger partial charge in [0, 0.05) is 11.1 Å². The average molecular weight is 747 g/mol. The number of nitrogens with one attached hydrogen (secondary N) is 1.